The van der Waals surface area contributed by atoms with Crippen LogP contribution in [0, 0.1) is 0 Å². The highest BCUT2D eigenvalue weighted by Gasteiger charge is 2.41. The summed E-state index contributed by atoms with van der Waals surface area (Å²) in [7, 11) is 0. The standard InChI is InChI=1S/C13H28N2S/c1-6-13(7-2)10-14-12(3,4)11-15(13)8-9-16-5/h14H,6-11H2,1-5H3. The minimum Gasteiger partial charge on any atom is -0.309 e. The van der Waals surface area contributed by atoms with Crippen LogP contribution in [-0.4, -0.2) is 47.6 Å². The van der Waals surface area contributed by atoms with E-state index < -0.39 is 0 Å². The molecule has 0 aromatic carbocycles. The lowest BCUT2D eigenvalue weighted by Crippen LogP contribution is -2.68. The molecule has 1 saturated heterocycles. The van der Waals surface area contributed by atoms with Crippen molar-refractivity contribution >= 4 is 11.8 Å². The number of nitrogens with zero attached hydrogens (tertiary/aromatic N) is 1. The van der Waals surface area contributed by atoms with Gasteiger partial charge in [0, 0.05) is 36.5 Å². The van der Waals surface area contributed by atoms with Crippen LogP contribution >= 0.6 is 11.8 Å². The summed E-state index contributed by atoms with van der Waals surface area (Å²) in [5.41, 5.74) is 0.664. The fourth-order valence-corrected chi connectivity index (χ4v) is 3.08. The van der Waals surface area contributed by atoms with Crippen molar-refractivity contribution in [3.8, 4) is 0 Å². The van der Waals surface area contributed by atoms with Gasteiger partial charge in [0.2, 0.25) is 0 Å². The van der Waals surface area contributed by atoms with Crippen molar-refractivity contribution in [2.45, 2.75) is 51.6 Å². The first-order valence-corrected chi connectivity index (χ1v) is 7.88. The summed E-state index contributed by atoms with van der Waals surface area (Å²) in [5.74, 6) is 1.25. The molecule has 0 unspecified atom stereocenters. The Morgan fingerprint density at radius 3 is 2.38 bits per heavy atom. The van der Waals surface area contributed by atoms with Gasteiger partial charge in [0.05, 0.1) is 0 Å². The van der Waals surface area contributed by atoms with E-state index in [9.17, 15) is 0 Å². The Morgan fingerprint density at radius 1 is 1.25 bits per heavy atom. The van der Waals surface area contributed by atoms with Gasteiger partial charge in [-0.15, -0.1) is 0 Å². The Balaban J connectivity index is 2.74. The van der Waals surface area contributed by atoms with Gasteiger partial charge in [-0.05, 0) is 32.9 Å². The summed E-state index contributed by atoms with van der Waals surface area (Å²) in [5, 5.41) is 3.71. The summed E-state index contributed by atoms with van der Waals surface area (Å²) in [6.07, 6.45) is 4.70. The molecule has 2 nitrogen and oxygen atoms in total. The van der Waals surface area contributed by atoms with E-state index in [2.05, 4.69) is 44.2 Å². The maximum absolute atomic E-state index is 3.71. The van der Waals surface area contributed by atoms with Crippen molar-refractivity contribution in [1.29, 1.82) is 0 Å². The lowest BCUT2D eigenvalue weighted by molar-refractivity contribution is 0.0143. The number of rotatable bonds is 5. The lowest BCUT2D eigenvalue weighted by Gasteiger charge is -2.52. The highest BCUT2D eigenvalue weighted by Crippen LogP contribution is 2.29. The maximum Gasteiger partial charge on any atom is 0.0330 e. The van der Waals surface area contributed by atoms with Crippen LogP contribution in [-0.2, 0) is 0 Å². The summed E-state index contributed by atoms with van der Waals surface area (Å²) >= 11 is 1.96. The van der Waals surface area contributed by atoms with Gasteiger partial charge in [-0.2, -0.15) is 11.8 Å². The molecule has 1 aliphatic rings. The third-order valence-electron chi connectivity index (χ3n) is 4.03. The molecule has 0 aromatic heterocycles. The van der Waals surface area contributed by atoms with Crippen LogP contribution in [0.5, 0.6) is 0 Å². The molecule has 1 rings (SSSR count). The second kappa shape index (κ2) is 5.74. The van der Waals surface area contributed by atoms with E-state index >= 15 is 0 Å². The number of hydrogen-bond acceptors (Lipinski definition) is 3. The van der Waals surface area contributed by atoms with Crippen molar-refractivity contribution in [3.63, 3.8) is 0 Å². The number of nitrogens with one attached hydrogen (secondary N) is 1. The molecule has 0 aromatic rings. The highest BCUT2D eigenvalue weighted by molar-refractivity contribution is 7.98. The fraction of sp³-hybridized carbons (Fsp3) is 1.00. The first kappa shape index (κ1) is 14.3. The molecule has 16 heavy (non-hydrogen) atoms. The Hall–Kier alpha value is 0.270. The molecule has 96 valence electrons. The molecule has 0 spiro atoms. The predicted octanol–water partition coefficient (Wildman–Crippen LogP) is 2.59. The highest BCUT2D eigenvalue weighted by atomic mass is 32.2. The van der Waals surface area contributed by atoms with Gasteiger partial charge in [-0.3, -0.25) is 4.90 Å². The van der Waals surface area contributed by atoms with Crippen LogP contribution in [0.3, 0.4) is 0 Å². The topological polar surface area (TPSA) is 15.3 Å². The van der Waals surface area contributed by atoms with Crippen molar-refractivity contribution in [2.75, 3.05) is 31.6 Å². The Labute approximate surface area is 106 Å². The molecule has 0 aliphatic carbocycles. The zero-order chi connectivity index (χ0) is 12.2. The van der Waals surface area contributed by atoms with Crippen LogP contribution < -0.4 is 5.32 Å². The van der Waals surface area contributed by atoms with E-state index in [1.54, 1.807) is 0 Å². The van der Waals surface area contributed by atoms with E-state index in [0.717, 1.165) is 6.54 Å². The number of thioether (sulfide) groups is 1. The van der Waals surface area contributed by atoms with Crippen molar-refractivity contribution in [3.05, 3.63) is 0 Å². The van der Waals surface area contributed by atoms with Crippen molar-refractivity contribution in [2.24, 2.45) is 0 Å². The fourth-order valence-electron chi connectivity index (χ4n) is 2.68. The average Bonchev–Trinajstić information content (AvgIpc) is 2.26. The normalized spacial score (nSPS) is 24.6. The monoisotopic (exact) mass is 244 g/mol. The molecular weight excluding hydrogens is 216 g/mol. The molecule has 0 saturated carbocycles. The maximum atomic E-state index is 3.71. The number of hydrogen-bond donors (Lipinski definition) is 1. The molecule has 1 heterocycles. The van der Waals surface area contributed by atoms with E-state index in [-0.39, 0.29) is 5.54 Å². The van der Waals surface area contributed by atoms with Crippen LogP contribution in [0.25, 0.3) is 0 Å². The van der Waals surface area contributed by atoms with Crippen molar-refractivity contribution in [1.82, 2.24) is 10.2 Å². The quantitative estimate of drug-likeness (QED) is 0.800. The van der Waals surface area contributed by atoms with Crippen molar-refractivity contribution < 1.29 is 0 Å². The van der Waals surface area contributed by atoms with E-state index in [0.29, 0.717) is 5.54 Å². The second-order valence-corrected chi connectivity index (χ2v) is 6.57. The van der Waals surface area contributed by atoms with Crippen LogP contribution in [0.2, 0.25) is 0 Å². The average molecular weight is 244 g/mol. The van der Waals surface area contributed by atoms with E-state index in [1.807, 2.05) is 11.8 Å². The summed E-state index contributed by atoms with van der Waals surface area (Å²) < 4.78 is 0. The van der Waals surface area contributed by atoms with Gasteiger partial charge in [0.1, 0.15) is 0 Å². The molecular formula is C13H28N2S. The Bertz CT molecular complexity index is 212. The van der Waals surface area contributed by atoms with Crippen LogP contribution in [0.15, 0.2) is 0 Å². The zero-order valence-electron chi connectivity index (χ0n) is 11.6. The Morgan fingerprint density at radius 2 is 1.88 bits per heavy atom. The summed E-state index contributed by atoms with van der Waals surface area (Å²) in [6, 6.07) is 0. The molecule has 0 amide bonds. The largest absolute Gasteiger partial charge is 0.309 e. The van der Waals surface area contributed by atoms with Crippen LogP contribution in [0.4, 0.5) is 0 Å². The van der Waals surface area contributed by atoms with E-state index in [1.165, 1.54) is 31.7 Å². The molecule has 0 bridgehead atoms. The number of piperazine rings is 1. The Kier molecular flexibility index (Phi) is 5.14. The molecule has 0 radical (unpaired) electrons. The third-order valence-corrected chi connectivity index (χ3v) is 4.63. The second-order valence-electron chi connectivity index (χ2n) is 5.58. The van der Waals surface area contributed by atoms with Gasteiger partial charge in [0.25, 0.3) is 0 Å². The summed E-state index contributed by atoms with van der Waals surface area (Å²) in [6.45, 7) is 12.8. The predicted molar refractivity (Wildman–Crippen MR) is 75.3 cm³/mol. The van der Waals surface area contributed by atoms with Gasteiger partial charge < -0.3 is 5.32 Å². The molecule has 1 N–H and O–H groups in total. The van der Waals surface area contributed by atoms with Gasteiger partial charge in [-0.25, -0.2) is 0 Å². The third kappa shape index (κ3) is 3.14. The smallest absolute Gasteiger partial charge is 0.0330 e. The van der Waals surface area contributed by atoms with Gasteiger partial charge in [-0.1, -0.05) is 13.8 Å². The van der Waals surface area contributed by atoms with Crippen LogP contribution in [0.1, 0.15) is 40.5 Å². The first-order chi connectivity index (χ1) is 7.49. The molecule has 0 atom stereocenters. The molecule has 1 aliphatic heterocycles. The molecule has 3 heteroatoms. The minimum absolute atomic E-state index is 0.270. The lowest BCUT2D eigenvalue weighted by atomic mass is 9.84. The first-order valence-electron chi connectivity index (χ1n) is 6.48. The SMILES string of the molecule is CCC1(CC)CNC(C)(C)CN1CCSC. The van der Waals surface area contributed by atoms with Gasteiger partial charge >= 0.3 is 0 Å². The summed E-state index contributed by atoms with van der Waals surface area (Å²) in [4.78, 5) is 2.72. The molecule has 1 fully saturated rings. The zero-order valence-corrected chi connectivity index (χ0v) is 12.4. The van der Waals surface area contributed by atoms with Gasteiger partial charge in [0.15, 0.2) is 0 Å². The van der Waals surface area contributed by atoms with E-state index in [4.69, 9.17) is 0 Å². The minimum atomic E-state index is 0.270.